The average Bonchev–Trinajstić information content (AvgIpc) is 2.28. The van der Waals surface area contributed by atoms with Gasteiger partial charge in [-0.1, -0.05) is 23.2 Å². The molecule has 1 aromatic carbocycles. The van der Waals surface area contributed by atoms with Crippen LogP contribution in [0.3, 0.4) is 0 Å². The van der Waals surface area contributed by atoms with Crippen molar-refractivity contribution in [2.75, 3.05) is 7.05 Å². The average molecular weight is 262 g/mol. The first-order valence-corrected chi connectivity index (χ1v) is 5.03. The SMILES string of the molecule is CNC(=O)NNC(=O)c1cc(Cl)ccc1Cl. The molecule has 0 spiro atoms. The van der Waals surface area contributed by atoms with E-state index in [4.69, 9.17) is 23.2 Å². The van der Waals surface area contributed by atoms with Crippen LogP contribution < -0.4 is 16.2 Å². The Morgan fingerprint density at radius 3 is 2.50 bits per heavy atom. The molecular formula is C9H9Cl2N3O2. The zero-order valence-corrected chi connectivity index (χ0v) is 9.82. The monoisotopic (exact) mass is 261 g/mol. The first-order valence-electron chi connectivity index (χ1n) is 4.27. The van der Waals surface area contributed by atoms with E-state index in [1.54, 1.807) is 6.07 Å². The predicted molar refractivity (Wildman–Crippen MR) is 61.5 cm³/mol. The van der Waals surface area contributed by atoms with Gasteiger partial charge in [0.2, 0.25) is 0 Å². The second-order valence-corrected chi connectivity index (χ2v) is 3.63. The third-order valence-electron chi connectivity index (χ3n) is 1.69. The molecule has 0 aliphatic carbocycles. The number of carbonyl (C=O) groups excluding carboxylic acids is 2. The maximum atomic E-state index is 11.5. The summed E-state index contributed by atoms with van der Waals surface area (Å²) in [5.41, 5.74) is 4.49. The topological polar surface area (TPSA) is 70.2 Å². The van der Waals surface area contributed by atoms with Crippen LogP contribution in [0.1, 0.15) is 10.4 Å². The van der Waals surface area contributed by atoms with Gasteiger partial charge in [0.15, 0.2) is 0 Å². The van der Waals surface area contributed by atoms with Gasteiger partial charge in [0.25, 0.3) is 5.91 Å². The number of carbonyl (C=O) groups is 2. The van der Waals surface area contributed by atoms with Crippen molar-refractivity contribution >= 4 is 35.1 Å². The summed E-state index contributed by atoms with van der Waals surface area (Å²) in [4.78, 5) is 22.3. The van der Waals surface area contributed by atoms with Gasteiger partial charge < -0.3 is 5.32 Å². The fourth-order valence-corrected chi connectivity index (χ4v) is 1.29. The Kier molecular flexibility index (Phi) is 4.39. The van der Waals surface area contributed by atoms with Gasteiger partial charge >= 0.3 is 6.03 Å². The maximum absolute atomic E-state index is 11.5. The Bertz CT molecular complexity index is 423. The number of hydrogen-bond donors (Lipinski definition) is 3. The Morgan fingerprint density at radius 2 is 1.88 bits per heavy atom. The molecule has 3 N–H and O–H groups in total. The van der Waals surface area contributed by atoms with Gasteiger partial charge in [-0.3, -0.25) is 10.2 Å². The molecule has 0 aliphatic rings. The molecule has 0 bridgehead atoms. The van der Waals surface area contributed by atoms with Crippen LogP contribution >= 0.6 is 23.2 Å². The van der Waals surface area contributed by atoms with Crippen LogP contribution in [0.4, 0.5) is 4.79 Å². The lowest BCUT2D eigenvalue weighted by Gasteiger charge is -2.07. The summed E-state index contributed by atoms with van der Waals surface area (Å²) >= 11 is 11.5. The number of benzene rings is 1. The van der Waals surface area contributed by atoms with E-state index in [2.05, 4.69) is 16.2 Å². The van der Waals surface area contributed by atoms with Crippen molar-refractivity contribution in [1.29, 1.82) is 0 Å². The standard InChI is InChI=1S/C9H9Cl2N3O2/c1-12-9(16)14-13-8(15)6-4-5(10)2-3-7(6)11/h2-4H,1H3,(H,13,15)(H2,12,14,16). The molecule has 0 saturated carbocycles. The first kappa shape index (κ1) is 12.6. The lowest BCUT2D eigenvalue weighted by molar-refractivity contribution is 0.0936. The third-order valence-corrected chi connectivity index (χ3v) is 2.25. The van der Waals surface area contributed by atoms with Crippen LogP contribution in [-0.4, -0.2) is 19.0 Å². The Labute approximate surface area is 102 Å². The highest BCUT2D eigenvalue weighted by Gasteiger charge is 2.11. The molecule has 3 amide bonds. The summed E-state index contributed by atoms with van der Waals surface area (Å²) < 4.78 is 0. The summed E-state index contributed by atoms with van der Waals surface area (Å²) in [7, 11) is 1.42. The molecule has 5 nitrogen and oxygen atoms in total. The summed E-state index contributed by atoms with van der Waals surface area (Å²) in [6.07, 6.45) is 0. The molecule has 0 unspecified atom stereocenters. The molecule has 0 radical (unpaired) electrons. The Morgan fingerprint density at radius 1 is 1.19 bits per heavy atom. The van der Waals surface area contributed by atoms with Gasteiger partial charge in [-0.25, -0.2) is 10.2 Å². The van der Waals surface area contributed by atoms with E-state index in [0.29, 0.717) is 5.02 Å². The van der Waals surface area contributed by atoms with Gasteiger partial charge in [0.1, 0.15) is 0 Å². The van der Waals surface area contributed by atoms with Crippen LogP contribution in [0.15, 0.2) is 18.2 Å². The molecular weight excluding hydrogens is 253 g/mol. The minimum absolute atomic E-state index is 0.186. The highest BCUT2D eigenvalue weighted by Crippen LogP contribution is 2.20. The minimum atomic E-state index is -0.545. The largest absolute Gasteiger partial charge is 0.340 e. The molecule has 0 aromatic heterocycles. The molecule has 0 fully saturated rings. The molecule has 1 aromatic rings. The smallest absolute Gasteiger partial charge is 0.333 e. The highest BCUT2D eigenvalue weighted by atomic mass is 35.5. The fourth-order valence-electron chi connectivity index (χ4n) is 0.915. The molecule has 16 heavy (non-hydrogen) atoms. The van der Waals surface area contributed by atoms with Crippen molar-refractivity contribution in [1.82, 2.24) is 16.2 Å². The van der Waals surface area contributed by atoms with Crippen LogP contribution in [0.5, 0.6) is 0 Å². The molecule has 0 atom stereocenters. The molecule has 86 valence electrons. The molecule has 0 heterocycles. The second-order valence-electron chi connectivity index (χ2n) is 2.78. The number of nitrogens with one attached hydrogen (secondary N) is 3. The van der Waals surface area contributed by atoms with Crippen molar-refractivity contribution in [2.24, 2.45) is 0 Å². The zero-order chi connectivity index (χ0) is 12.1. The van der Waals surface area contributed by atoms with E-state index in [1.165, 1.54) is 19.2 Å². The van der Waals surface area contributed by atoms with Crippen LogP contribution in [0.2, 0.25) is 10.0 Å². The van der Waals surface area contributed by atoms with Crippen molar-refractivity contribution in [3.63, 3.8) is 0 Å². The zero-order valence-electron chi connectivity index (χ0n) is 8.30. The quantitative estimate of drug-likeness (QED) is 0.672. The van der Waals surface area contributed by atoms with Crippen molar-refractivity contribution < 1.29 is 9.59 Å². The van der Waals surface area contributed by atoms with Crippen LogP contribution in [-0.2, 0) is 0 Å². The lowest BCUT2D eigenvalue weighted by atomic mass is 10.2. The Balaban J connectivity index is 2.73. The summed E-state index contributed by atoms with van der Waals surface area (Å²) in [6.45, 7) is 0. The van der Waals surface area contributed by atoms with Gasteiger partial charge in [-0.05, 0) is 18.2 Å². The molecule has 7 heteroatoms. The van der Waals surface area contributed by atoms with Crippen molar-refractivity contribution in [2.45, 2.75) is 0 Å². The normalized spacial score (nSPS) is 9.44. The van der Waals surface area contributed by atoms with E-state index >= 15 is 0 Å². The lowest BCUT2D eigenvalue weighted by Crippen LogP contribution is -2.45. The Hall–Kier alpha value is -1.46. The third kappa shape index (κ3) is 3.29. The number of amides is 3. The highest BCUT2D eigenvalue weighted by molar-refractivity contribution is 6.35. The number of halogens is 2. The van der Waals surface area contributed by atoms with E-state index < -0.39 is 11.9 Å². The predicted octanol–water partition coefficient (Wildman–Crippen LogP) is 1.57. The van der Waals surface area contributed by atoms with Crippen LogP contribution in [0, 0.1) is 0 Å². The van der Waals surface area contributed by atoms with Crippen LogP contribution in [0.25, 0.3) is 0 Å². The second kappa shape index (κ2) is 5.58. The van der Waals surface area contributed by atoms with Gasteiger partial charge in [0.05, 0.1) is 10.6 Å². The number of hydrazine groups is 1. The van der Waals surface area contributed by atoms with E-state index in [9.17, 15) is 9.59 Å². The number of urea groups is 1. The van der Waals surface area contributed by atoms with E-state index in [-0.39, 0.29) is 10.6 Å². The first-order chi connectivity index (χ1) is 7.54. The summed E-state index contributed by atoms with van der Waals surface area (Å²) in [6, 6.07) is 3.93. The summed E-state index contributed by atoms with van der Waals surface area (Å²) in [5.74, 6) is -0.545. The van der Waals surface area contributed by atoms with Gasteiger partial charge in [-0.15, -0.1) is 0 Å². The van der Waals surface area contributed by atoms with Gasteiger partial charge in [-0.2, -0.15) is 0 Å². The molecule has 0 saturated heterocycles. The summed E-state index contributed by atoms with van der Waals surface area (Å²) in [5, 5.41) is 2.91. The molecule has 1 rings (SSSR count). The van der Waals surface area contributed by atoms with E-state index in [1.807, 2.05) is 0 Å². The number of rotatable bonds is 1. The van der Waals surface area contributed by atoms with Crippen molar-refractivity contribution in [3.05, 3.63) is 33.8 Å². The minimum Gasteiger partial charge on any atom is -0.340 e. The molecule has 0 aliphatic heterocycles. The van der Waals surface area contributed by atoms with E-state index in [0.717, 1.165) is 0 Å². The van der Waals surface area contributed by atoms with Gasteiger partial charge in [0, 0.05) is 12.1 Å². The number of hydrogen-bond acceptors (Lipinski definition) is 2. The van der Waals surface area contributed by atoms with Crippen molar-refractivity contribution in [3.8, 4) is 0 Å². The fraction of sp³-hybridized carbons (Fsp3) is 0.111. The maximum Gasteiger partial charge on any atom is 0.333 e.